The molecule has 0 radical (unpaired) electrons. The lowest BCUT2D eigenvalue weighted by Gasteiger charge is -2.07. The maximum absolute atomic E-state index is 9.65. The van der Waals surface area contributed by atoms with Gasteiger partial charge in [0.25, 0.3) is 0 Å². The van der Waals surface area contributed by atoms with Crippen LogP contribution in [0.5, 0.6) is 0 Å². The van der Waals surface area contributed by atoms with Crippen molar-refractivity contribution in [1.82, 2.24) is 0 Å². The van der Waals surface area contributed by atoms with Crippen LogP contribution in [0.3, 0.4) is 0 Å². The Labute approximate surface area is 61.0 Å². The third-order valence-electron chi connectivity index (χ3n) is 1.30. The van der Waals surface area contributed by atoms with Crippen LogP contribution in [0.2, 0.25) is 0 Å². The first kappa shape index (κ1) is 9.30. The Bertz CT molecular complexity index is 104. The molecule has 0 rings (SSSR count). The van der Waals surface area contributed by atoms with Gasteiger partial charge in [-0.05, 0) is 12.8 Å². The largest absolute Gasteiger partial charge is 0.377 e. The Kier molecular flexibility index (Phi) is 5.97. The van der Waals surface area contributed by atoms with Gasteiger partial charge < -0.3 is 4.74 Å². The van der Waals surface area contributed by atoms with Crippen LogP contribution in [0, 0.1) is 4.91 Å². The van der Waals surface area contributed by atoms with Crippen LogP contribution in [0.15, 0.2) is 17.8 Å². The fourth-order valence-electron chi connectivity index (χ4n) is 0.689. The van der Waals surface area contributed by atoms with Crippen molar-refractivity contribution in [3.05, 3.63) is 17.6 Å². The van der Waals surface area contributed by atoms with Crippen molar-refractivity contribution >= 4 is 0 Å². The average molecular weight is 143 g/mol. The van der Waals surface area contributed by atoms with E-state index in [2.05, 4.69) is 11.8 Å². The summed E-state index contributed by atoms with van der Waals surface area (Å²) in [5.41, 5.74) is 0. The Hall–Kier alpha value is -0.700. The minimum Gasteiger partial charge on any atom is -0.377 e. The zero-order valence-electron chi connectivity index (χ0n) is 6.25. The Balaban J connectivity index is 3.25. The van der Waals surface area contributed by atoms with Gasteiger partial charge in [-0.15, -0.1) is 6.58 Å². The normalized spacial score (nSPS) is 12.5. The van der Waals surface area contributed by atoms with E-state index in [1.807, 2.05) is 0 Å². The van der Waals surface area contributed by atoms with Crippen molar-refractivity contribution < 1.29 is 4.74 Å². The van der Waals surface area contributed by atoms with Gasteiger partial charge in [0, 0.05) is 7.11 Å². The number of ether oxygens (including phenoxy) is 1. The molecule has 0 aliphatic carbocycles. The van der Waals surface area contributed by atoms with E-state index in [-0.39, 0.29) is 6.10 Å². The highest BCUT2D eigenvalue weighted by molar-refractivity contribution is 4.79. The summed E-state index contributed by atoms with van der Waals surface area (Å²) in [7, 11) is 1.63. The van der Waals surface area contributed by atoms with Crippen LogP contribution in [-0.2, 0) is 4.74 Å². The second-order valence-corrected chi connectivity index (χ2v) is 2.00. The molecule has 0 aromatic heterocycles. The molecule has 0 spiro atoms. The number of nitroso groups, excluding NO2 is 1. The fourth-order valence-corrected chi connectivity index (χ4v) is 0.689. The third kappa shape index (κ3) is 4.21. The minimum atomic E-state index is 0.0711. The summed E-state index contributed by atoms with van der Waals surface area (Å²) in [6.07, 6.45) is 3.40. The van der Waals surface area contributed by atoms with E-state index in [1.165, 1.54) is 0 Å². The third-order valence-corrected chi connectivity index (χ3v) is 1.30. The van der Waals surface area contributed by atoms with Crippen LogP contribution >= 0.6 is 0 Å². The minimum absolute atomic E-state index is 0.0711. The molecule has 0 bridgehead atoms. The van der Waals surface area contributed by atoms with E-state index < -0.39 is 0 Å². The molecule has 0 saturated heterocycles. The molecular formula is C7H13NO2. The molecule has 0 aliphatic heterocycles. The molecule has 0 fully saturated rings. The quantitative estimate of drug-likeness (QED) is 0.322. The molecule has 1 atom stereocenters. The first-order valence-corrected chi connectivity index (χ1v) is 3.29. The zero-order chi connectivity index (χ0) is 7.82. The van der Waals surface area contributed by atoms with E-state index in [0.717, 1.165) is 12.8 Å². The SMILES string of the molecule is C=CC(CCCN=O)OC. The molecule has 0 aromatic rings. The van der Waals surface area contributed by atoms with Gasteiger partial charge in [0.05, 0.1) is 12.6 Å². The highest BCUT2D eigenvalue weighted by Gasteiger charge is 1.99. The smallest absolute Gasteiger partial charge is 0.0812 e. The van der Waals surface area contributed by atoms with Crippen molar-refractivity contribution in [2.45, 2.75) is 18.9 Å². The molecule has 10 heavy (non-hydrogen) atoms. The lowest BCUT2D eigenvalue weighted by molar-refractivity contribution is 0.132. The molecule has 3 nitrogen and oxygen atoms in total. The lowest BCUT2D eigenvalue weighted by Crippen LogP contribution is -2.06. The van der Waals surface area contributed by atoms with Gasteiger partial charge in [0.15, 0.2) is 0 Å². The highest BCUT2D eigenvalue weighted by atomic mass is 16.5. The van der Waals surface area contributed by atoms with Crippen LogP contribution in [0.4, 0.5) is 0 Å². The van der Waals surface area contributed by atoms with Gasteiger partial charge in [-0.1, -0.05) is 11.3 Å². The summed E-state index contributed by atoms with van der Waals surface area (Å²) in [5, 5.41) is 2.74. The second-order valence-electron chi connectivity index (χ2n) is 2.00. The summed E-state index contributed by atoms with van der Waals surface area (Å²) >= 11 is 0. The van der Waals surface area contributed by atoms with Gasteiger partial charge in [-0.3, -0.25) is 0 Å². The number of rotatable bonds is 6. The average Bonchev–Trinajstić information content (AvgIpc) is 1.99. The van der Waals surface area contributed by atoms with Gasteiger partial charge in [-0.25, -0.2) is 0 Å². The number of hydrogen-bond acceptors (Lipinski definition) is 3. The Morgan fingerprint density at radius 2 is 2.50 bits per heavy atom. The molecule has 58 valence electrons. The summed E-state index contributed by atoms with van der Waals surface area (Å²) < 4.78 is 4.98. The molecule has 3 heteroatoms. The predicted octanol–water partition coefficient (Wildman–Crippen LogP) is 1.73. The number of methoxy groups -OCH3 is 1. The number of hydrogen-bond donors (Lipinski definition) is 0. The van der Waals surface area contributed by atoms with E-state index >= 15 is 0 Å². The van der Waals surface area contributed by atoms with Crippen LogP contribution in [0.1, 0.15) is 12.8 Å². The highest BCUT2D eigenvalue weighted by Crippen LogP contribution is 2.01. The maximum Gasteiger partial charge on any atom is 0.0812 e. The van der Waals surface area contributed by atoms with Crippen LogP contribution in [-0.4, -0.2) is 19.8 Å². The maximum atomic E-state index is 9.65. The van der Waals surface area contributed by atoms with Gasteiger partial charge in [0.2, 0.25) is 0 Å². The topological polar surface area (TPSA) is 38.7 Å². The first-order chi connectivity index (χ1) is 4.85. The summed E-state index contributed by atoms with van der Waals surface area (Å²) in [5.74, 6) is 0. The van der Waals surface area contributed by atoms with Gasteiger partial charge >= 0.3 is 0 Å². The fraction of sp³-hybridized carbons (Fsp3) is 0.714. The summed E-state index contributed by atoms with van der Waals surface area (Å²) in [6, 6.07) is 0. The second kappa shape index (κ2) is 6.42. The number of nitrogens with zero attached hydrogens (tertiary/aromatic N) is 1. The van der Waals surface area contributed by atoms with Crippen molar-refractivity contribution in [1.29, 1.82) is 0 Å². The zero-order valence-corrected chi connectivity index (χ0v) is 6.25. The summed E-state index contributed by atoms with van der Waals surface area (Å²) in [6.45, 7) is 3.95. The molecule has 0 amide bonds. The molecule has 0 N–H and O–H groups in total. The molecule has 1 unspecified atom stereocenters. The predicted molar refractivity (Wildman–Crippen MR) is 40.9 cm³/mol. The van der Waals surface area contributed by atoms with Crippen molar-refractivity contribution in [2.75, 3.05) is 13.7 Å². The monoisotopic (exact) mass is 143 g/mol. The molecule has 0 heterocycles. The van der Waals surface area contributed by atoms with Gasteiger partial charge in [-0.2, -0.15) is 4.91 Å². The first-order valence-electron chi connectivity index (χ1n) is 3.29. The molecule has 0 aromatic carbocycles. The Morgan fingerprint density at radius 3 is 2.90 bits per heavy atom. The van der Waals surface area contributed by atoms with Crippen molar-refractivity contribution in [3.8, 4) is 0 Å². The van der Waals surface area contributed by atoms with Gasteiger partial charge in [0.1, 0.15) is 0 Å². The van der Waals surface area contributed by atoms with E-state index in [0.29, 0.717) is 6.54 Å². The van der Waals surface area contributed by atoms with E-state index in [1.54, 1.807) is 13.2 Å². The van der Waals surface area contributed by atoms with E-state index in [4.69, 9.17) is 4.74 Å². The lowest BCUT2D eigenvalue weighted by atomic mass is 10.2. The van der Waals surface area contributed by atoms with Crippen LogP contribution < -0.4 is 0 Å². The molecule has 0 saturated carbocycles. The summed E-state index contributed by atoms with van der Waals surface area (Å²) in [4.78, 5) is 9.65. The van der Waals surface area contributed by atoms with Crippen molar-refractivity contribution in [2.24, 2.45) is 5.18 Å². The Morgan fingerprint density at radius 1 is 1.80 bits per heavy atom. The van der Waals surface area contributed by atoms with Crippen LogP contribution in [0.25, 0.3) is 0 Å². The van der Waals surface area contributed by atoms with E-state index in [9.17, 15) is 4.91 Å². The molecule has 0 aliphatic rings. The standard InChI is InChI=1S/C7H13NO2/c1-3-7(10-2)5-4-6-8-9/h3,7H,1,4-6H2,2H3. The van der Waals surface area contributed by atoms with Crippen molar-refractivity contribution in [3.63, 3.8) is 0 Å². The molecular weight excluding hydrogens is 130 g/mol.